The Hall–Kier alpha value is -3.42. The average molecular weight is 595 g/mol. The van der Waals surface area contributed by atoms with Crippen molar-refractivity contribution in [3.63, 3.8) is 0 Å². The molecule has 4 aliphatic rings. The standard InChI is InChI=1S/C29H32F2N8O2S/c1-37-21(18-5-6-19(31)24-23(18)35-27(32)42-24)9-20-22(26(37)40)25(39-16-3-4-17(39)12-33-11-16)36-28(34-20)41-14-29-7-2-8-38(29)13-15(30)10-29/h5-6,9,15-17,33H,2-4,7-8,10-14H2,1H3,(H2,32,35)/t15-,16?,17?,29+/m1/s1. The van der Waals surface area contributed by atoms with Gasteiger partial charge >= 0.3 is 6.01 Å². The van der Waals surface area contributed by atoms with Gasteiger partial charge in [0, 0.05) is 50.7 Å². The number of rotatable bonds is 5. The van der Waals surface area contributed by atoms with Gasteiger partial charge in [-0.05, 0) is 50.4 Å². The SMILES string of the molecule is Cn1c(-c2ccc(F)c3sc(N)nc23)cc2nc(OC[C@@]34CCCN3C[C@H](F)C4)nc(N3C4CCC3CNC4)c2c1=O. The van der Waals surface area contributed by atoms with Crippen molar-refractivity contribution < 1.29 is 13.5 Å². The minimum absolute atomic E-state index is 0.181. The van der Waals surface area contributed by atoms with Crippen molar-refractivity contribution >= 4 is 43.4 Å². The number of alkyl halides is 1. The third-order valence-electron chi connectivity index (χ3n) is 9.69. The Morgan fingerprint density at radius 3 is 2.83 bits per heavy atom. The molecule has 0 amide bonds. The number of piperazine rings is 1. The maximum atomic E-state index is 14.6. The fraction of sp³-hybridized carbons (Fsp3) is 0.517. The highest BCUT2D eigenvalue weighted by atomic mass is 32.1. The molecule has 8 rings (SSSR count). The van der Waals surface area contributed by atoms with Crippen LogP contribution in [0.15, 0.2) is 23.0 Å². The number of anilines is 2. The number of nitrogens with one attached hydrogen (secondary N) is 1. The number of fused-ring (bicyclic) bond motifs is 5. The van der Waals surface area contributed by atoms with E-state index < -0.39 is 12.0 Å². The van der Waals surface area contributed by atoms with Gasteiger partial charge in [0.25, 0.3) is 5.56 Å². The van der Waals surface area contributed by atoms with Gasteiger partial charge in [-0.15, -0.1) is 0 Å². The molecule has 4 atom stereocenters. The van der Waals surface area contributed by atoms with Crippen molar-refractivity contribution in [2.45, 2.75) is 55.9 Å². The van der Waals surface area contributed by atoms with Gasteiger partial charge in [-0.3, -0.25) is 9.69 Å². The van der Waals surface area contributed by atoms with Crippen molar-refractivity contribution in [2.75, 3.05) is 43.4 Å². The van der Waals surface area contributed by atoms with Crippen LogP contribution in [0.4, 0.5) is 19.7 Å². The lowest BCUT2D eigenvalue weighted by molar-refractivity contribution is 0.107. The molecular formula is C29H32F2N8O2S. The van der Waals surface area contributed by atoms with Crippen LogP contribution in [0.1, 0.15) is 32.1 Å². The smallest absolute Gasteiger partial charge is 0.319 e. The molecule has 0 spiro atoms. The first-order valence-corrected chi connectivity index (χ1v) is 15.4. The van der Waals surface area contributed by atoms with Crippen LogP contribution in [0.3, 0.4) is 0 Å². The largest absolute Gasteiger partial charge is 0.461 e. The fourth-order valence-corrected chi connectivity index (χ4v) is 8.50. The van der Waals surface area contributed by atoms with Crippen LogP contribution in [0, 0.1) is 5.82 Å². The lowest BCUT2D eigenvalue weighted by Crippen LogP contribution is -2.52. The highest BCUT2D eigenvalue weighted by Crippen LogP contribution is 2.41. The van der Waals surface area contributed by atoms with Gasteiger partial charge in [-0.25, -0.2) is 13.8 Å². The van der Waals surface area contributed by atoms with E-state index in [1.54, 1.807) is 17.7 Å². The van der Waals surface area contributed by atoms with Gasteiger partial charge in [0.2, 0.25) is 0 Å². The first-order valence-electron chi connectivity index (χ1n) is 14.6. The van der Waals surface area contributed by atoms with Crippen molar-refractivity contribution in [3.05, 3.63) is 34.4 Å². The van der Waals surface area contributed by atoms with Crippen LogP contribution in [-0.4, -0.2) is 81.0 Å². The summed E-state index contributed by atoms with van der Waals surface area (Å²) in [5, 5.41) is 4.17. The van der Waals surface area contributed by atoms with Gasteiger partial charge in [-0.2, -0.15) is 9.97 Å². The molecule has 7 heterocycles. The minimum Gasteiger partial charge on any atom is -0.461 e. The zero-order valence-electron chi connectivity index (χ0n) is 23.3. The normalized spacial score (nSPS) is 27.4. The van der Waals surface area contributed by atoms with Crippen molar-refractivity contribution in [2.24, 2.45) is 7.05 Å². The van der Waals surface area contributed by atoms with Gasteiger partial charge < -0.3 is 25.3 Å². The molecule has 0 radical (unpaired) electrons. The number of nitrogen functional groups attached to an aromatic ring is 1. The summed E-state index contributed by atoms with van der Waals surface area (Å²) in [6.07, 6.45) is 3.47. The number of halogens is 2. The number of aromatic nitrogens is 4. The van der Waals surface area contributed by atoms with Crippen LogP contribution in [0.5, 0.6) is 6.01 Å². The van der Waals surface area contributed by atoms with E-state index in [0.717, 1.165) is 56.7 Å². The predicted molar refractivity (Wildman–Crippen MR) is 158 cm³/mol. The maximum Gasteiger partial charge on any atom is 0.319 e. The molecule has 2 unspecified atom stereocenters. The highest BCUT2D eigenvalue weighted by molar-refractivity contribution is 7.22. The lowest BCUT2D eigenvalue weighted by atomic mass is 9.95. The second-order valence-electron chi connectivity index (χ2n) is 12.1. The monoisotopic (exact) mass is 594 g/mol. The second kappa shape index (κ2) is 9.55. The average Bonchev–Trinajstić information content (AvgIpc) is 3.69. The Kier molecular flexibility index (Phi) is 5.96. The van der Waals surface area contributed by atoms with Crippen LogP contribution >= 0.6 is 11.3 Å². The molecule has 0 saturated carbocycles. The van der Waals surface area contributed by atoms with Crippen molar-refractivity contribution in [1.82, 2.24) is 29.7 Å². The molecule has 4 fully saturated rings. The zero-order chi connectivity index (χ0) is 28.7. The van der Waals surface area contributed by atoms with Crippen LogP contribution < -0.4 is 26.2 Å². The van der Waals surface area contributed by atoms with Gasteiger partial charge in [0.15, 0.2) is 5.13 Å². The molecule has 13 heteroatoms. The van der Waals surface area contributed by atoms with E-state index in [4.69, 9.17) is 20.4 Å². The summed E-state index contributed by atoms with van der Waals surface area (Å²) < 4.78 is 37.3. The van der Waals surface area contributed by atoms with E-state index in [1.165, 1.54) is 6.07 Å². The molecule has 0 aliphatic carbocycles. The Labute approximate surface area is 244 Å². The molecule has 3 N–H and O–H groups in total. The fourth-order valence-electron chi connectivity index (χ4n) is 7.74. The van der Waals surface area contributed by atoms with Crippen molar-refractivity contribution in [1.29, 1.82) is 0 Å². The van der Waals surface area contributed by atoms with E-state index in [1.807, 2.05) is 6.07 Å². The van der Waals surface area contributed by atoms with E-state index >= 15 is 0 Å². The van der Waals surface area contributed by atoms with Gasteiger partial charge in [-0.1, -0.05) is 11.3 Å². The topological polar surface area (TPSA) is 114 Å². The Morgan fingerprint density at radius 1 is 1.21 bits per heavy atom. The molecule has 4 saturated heterocycles. The quantitative estimate of drug-likeness (QED) is 0.360. The summed E-state index contributed by atoms with van der Waals surface area (Å²) in [5.74, 6) is 0.167. The molecule has 4 aliphatic heterocycles. The minimum atomic E-state index is -0.865. The van der Waals surface area contributed by atoms with E-state index in [0.29, 0.717) is 57.8 Å². The molecule has 220 valence electrons. The number of hydrogen-bond donors (Lipinski definition) is 2. The van der Waals surface area contributed by atoms with Crippen LogP contribution in [-0.2, 0) is 7.05 Å². The summed E-state index contributed by atoms with van der Waals surface area (Å²) >= 11 is 1.07. The Morgan fingerprint density at radius 2 is 2.02 bits per heavy atom. The number of hydrogen-bond acceptors (Lipinski definition) is 10. The number of ether oxygens (including phenoxy) is 1. The third-order valence-corrected chi connectivity index (χ3v) is 10.6. The molecular weight excluding hydrogens is 562 g/mol. The Bertz CT molecular complexity index is 1780. The number of benzene rings is 1. The third kappa shape index (κ3) is 3.93. The van der Waals surface area contributed by atoms with Crippen molar-refractivity contribution in [3.8, 4) is 17.3 Å². The number of pyridine rings is 1. The summed E-state index contributed by atoms with van der Waals surface area (Å²) in [4.78, 5) is 32.6. The van der Waals surface area contributed by atoms with Gasteiger partial charge in [0.1, 0.15) is 29.8 Å². The number of thiazole rings is 1. The summed E-state index contributed by atoms with van der Waals surface area (Å²) in [6.45, 7) is 3.21. The number of nitrogens with two attached hydrogens (primary N) is 1. The zero-order valence-corrected chi connectivity index (χ0v) is 24.1. The lowest BCUT2D eigenvalue weighted by Gasteiger charge is -2.37. The molecule has 1 aromatic carbocycles. The first kappa shape index (κ1) is 26.2. The summed E-state index contributed by atoms with van der Waals surface area (Å²) in [5.41, 5.74) is 7.32. The van der Waals surface area contributed by atoms with Crippen LogP contribution in [0.25, 0.3) is 32.4 Å². The Balaban J connectivity index is 1.29. The molecule has 10 nitrogen and oxygen atoms in total. The number of nitrogens with zero attached hydrogens (tertiary/aromatic N) is 6. The predicted octanol–water partition coefficient (Wildman–Crippen LogP) is 3.22. The summed E-state index contributed by atoms with van der Waals surface area (Å²) in [7, 11) is 1.70. The first-order chi connectivity index (χ1) is 20.3. The van der Waals surface area contributed by atoms with E-state index in [2.05, 4.69) is 20.1 Å². The van der Waals surface area contributed by atoms with Gasteiger partial charge in [0.05, 0.1) is 27.0 Å². The summed E-state index contributed by atoms with van der Waals surface area (Å²) in [6, 6.07) is 5.41. The van der Waals surface area contributed by atoms with E-state index in [9.17, 15) is 13.6 Å². The second-order valence-corrected chi connectivity index (χ2v) is 13.2. The molecule has 42 heavy (non-hydrogen) atoms. The molecule has 3 aromatic heterocycles. The molecule has 2 bridgehead atoms. The molecule has 4 aromatic rings. The van der Waals surface area contributed by atoms with E-state index in [-0.39, 0.29) is 34.3 Å². The van der Waals surface area contributed by atoms with Crippen LogP contribution in [0.2, 0.25) is 0 Å². The maximum absolute atomic E-state index is 14.6. The highest BCUT2D eigenvalue weighted by Gasteiger charge is 2.49.